The van der Waals surface area contributed by atoms with Gasteiger partial charge in [0.1, 0.15) is 5.75 Å². The fraction of sp³-hybridized carbons (Fsp3) is 0.500. The molecule has 0 aliphatic carbocycles. The van der Waals surface area contributed by atoms with E-state index in [1.54, 1.807) is 6.07 Å². The van der Waals surface area contributed by atoms with Gasteiger partial charge in [-0.05, 0) is 58.4 Å². The second kappa shape index (κ2) is 5.71. The van der Waals surface area contributed by atoms with Crippen molar-refractivity contribution in [2.24, 2.45) is 0 Å². The molecule has 1 aromatic rings. The lowest BCUT2D eigenvalue weighted by atomic mass is 10.1. The number of nitrogens with one attached hydrogen (secondary N) is 1. The van der Waals surface area contributed by atoms with E-state index >= 15 is 0 Å². The Labute approximate surface area is 103 Å². The van der Waals surface area contributed by atoms with Gasteiger partial charge in [0.05, 0.1) is 6.10 Å². The second-order valence-electron chi connectivity index (χ2n) is 4.78. The molecule has 0 atom stereocenters. The monoisotopic (exact) mass is 235 g/mol. The molecule has 1 N–H and O–H groups in total. The molecule has 3 heteroatoms. The molecule has 0 bridgehead atoms. The zero-order valence-corrected chi connectivity index (χ0v) is 11.2. The number of ether oxygens (including phenoxy) is 1. The van der Waals surface area contributed by atoms with Crippen molar-refractivity contribution >= 4 is 5.91 Å². The van der Waals surface area contributed by atoms with Crippen molar-refractivity contribution in [2.75, 3.05) is 0 Å². The maximum Gasteiger partial charge on any atom is 0.251 e. The van der Waals surface area contributed by atoms with Gasteiger partial charge in [-0.3, -0.25) is 4.79 Å². The van der Waals surface area contributed by atoms with Crippen LogP contribution in [0.25, 0.3) is 0 Å². The van der Waals surface area contributed by atoms with Crippen molar-refractivity contribution in [2.45, 2.75) is 46.8 Å². The van der Waals surface area contributed by atoms with Gasteiger partial charge in [-0.25, -0.2) is 0 Å². The predicted octanol–water partition coefficient (Wildman–Crippen LogP) is 2.92. The first kappa shape index (κ1) is 13.6. The average molecular weight is 235 g/mol. The van der Waals surface area contributed by atoms with E-state index in [0.29, 0.717) is 5.56 Å². The van der Waals surface area contributed by atoms with Crippen molar-refractivity contribution in [3.8, 4) is 5.75 Å². The fourth-order valence-electron chi connectivity index (χ4n) is 1.52. The van der Waals surface area contributed by atoms with Gasteiger partial charge in [-0.15, -0.1) is 0 Å². The highest BCUT2D eigenvalue weighted by Gasteiger charge is 2.09. The summed E-state index contributed by atoms with van der Waals surface area (Å²) >= 11 is 0. The smallest absolute Gasteiger partial charge is 0.251 e. The van der Waals surface area contributed by atoms with E-state index in [2.05, 4.69) is 5.32 Å². The molecule has 0 saturated heterocycles. The van der Waals surface area contributed by atoms with Crippen LogP contribution >= 0.6 is 0 Å². The third-order valence-corrected chi connectivity index (χ3v) is 2.22. The second-order valence-corrected chi connectivity index (χ2v) is 4.78. The first-order valence-corrected chi connectivity index (χ1v) is 5.98. The number of aryl methyl sites for hydroxylation is 1. The molecule has 1 rings (SSSR count). The van der Waals surface area contributed by atoms with E-state index in [9.17, 15) is 4.79 Å². The third kappa shape index (κ3) is 4.10. The van der Waals surface area contributed by atoms with E-state index in [-0.39, 0.29) is 18.1 Å². The van der Waals surface area contributed by atoms with Gasteiger partial charge in [0, 0.05) is 11.6 Å². The zero-order valence-electron chi connectivity index (χ0n) is 11.2. The lowest BCUT2D eigenvalue weighted by Gasteiger charge is -2.14. The van der Waals surface area contributed by atoms with Crippen LogP contribution in [0.3, 0.4) is 0 Å². The van der Waals surface area contributed by atoms with E-state index in [0.717, 1.165) is 11.3 Å². The molecular weight excluding hydrogens is 214 g/mol. The van der Waals surface area contributed by atoms with Crippen LogP contribution in [0.2, 0.25) is 0 Å². The van der Waals surface area contributed by atoms with Gasteiger partial charge >= 0.3 is 0 Å². The summed E-state index contributed by atoms with van der Waals surface area (Å²) in [5, 5.41) is 2.87. The molecule has 1 aromatic carbocycles. The van der Waals surface area contributed by atoms with Gasteiger partial charge in [0.2, 0.25) is 0 Å². The lowest BCUT2D eigenvalue weighted by molar-refractivity contribution is 0.0943. The van der Waals surface area contributed by atoms with Crippen LogP contribution in [0.15, 0.2) is 18.2 Å². The Hall–Kier alpha value is -1.51. The Balaban J connectivity index is 2.85. The van der Waals surface area contributed by atoms with E-state index in [1.807, 2.05) is 46.8 Å². The highest BCUT2D eigenvalue weighted by atomic mass is 16.5. The number of rotatable bonds is 4. The summed E-state index contributed by atoms with van der Waals surface area (Å²) < 4.78 is 5.63. The Bertz CT molecular complexity index is 397. The van der Waals surface area contributed by atoms with Crippen molar-refractivity contribution in [3.63, 3.8) is 0 Å². The number of hydrogen-bond acceptors (Lipinski definition) is 2. The number of carbonyl (C=O) groups excluding carboxylic acids is 1. The maximum atomic E-state index is 11.8. The standard InChI is InChI=1S/C14H21NO2/c1-9(2)15-14(16)12-6-7-13(11(5)8-12)17-10(3)4/h6-10H,1-5H3,(H,15,16). The van der Waals surface area contributed by atoms with Crippen LogP contribution in [0.4, 0.5) is 0 Å². The topological polar surface area (TPSA) is 38.3 Å². The Morgan fingerprint density at radius 1 is 1.24 bits per heavy atom. The molecule has 0 spiro atoms. The van der Waals surface area contributed by atoms with Crippen LogP contribution in [-0.4, -0.2) is 18.1 Å². The zero-order chi connectivity index (χ0) is 13.0. The molecular formula is C14H21NO2. The van der Waals surface area contributed by atoms with Crippen molar-refractivity contribution in [1.29, 1.82) is 0 Å². The Morgan fingerprint density at radius 2 is 1.88 bits per heavy atom. The van der Waals surface area contributed by atoms with E-state index in [4.69, 9.17) is 4.74 Å². The van der Waals surface area contributed by atoms with Crippen molar-refractivity contribution in [1.82, 2.24) is 5.32 Å². The molecule has 3 nitrogen and oxygen atoms in total. The molecule has 17 heavy (non-hydrogen) atoms. The molecule has 0 radical (unpaired) electrons. The summed E-state index contributed by atoms with van der Waals surface area (Å²) in [6, 6.07) is 5.65. The third-order valence-electron chi connectivity index (χ3n) is 2.22. The minimum absolute atomic E-state index is 0.0424. The summed E-state index contributed by atoms with van der Waals surface area (Å²) in [6.07, 6.45) is 0.143. The van der Waals surface area contributed by atoms with Crippen molar-refractivity contribution in [3.05, 3.63) is 29.3 Å². The van der Waals surface area contributed by atoms with Crippen LogP contribution in [0, 0.1) is 6.92 Å². The summed E-state index contributed by atoms with van der Waals surface area (Å²) in [6.45, 7) is 9.81. The quantitative estimate of drug-likeness (QED) is 0.871. The van der Waals surface area contributed by atoms with Crippen molar-refractivity contribution < 1.29 is 9.53 Å². The first-order chi connectivity index (χ1) is 7.90. The Morgan fingerprint density at radius 3 is 2.35 bits per heavy atom. The van der Waals surface area contributed by atoms with E-state index in [1.165, 1.54) is 0 Å². The molecule has 1 amide bonds. The summed E-state index contributed by atoms with van der Waals surface area (Å²) in [5.41, 5.74) is 1.66. The number of hydrogen-bond donors (Lipinski definition) is 1. The molecule has 0 heterocycles. The highest BCUT2D eigenvalue weighted by Crippen LogP contribution is 2.20. The molecule has 0 aliphatic heterocycles. The van der Waals surface area contributed by atoms with Gasteiger partial charge in [-0.1, -0.05) is 0 Å². The number of benzene rings is 1. The van der Waals surface area contributed by atoms with Gasteiger partial charge in [-0.2, -0.15) is 0 Å². The predicted molar refractivity (Wildman–Crippen MR) is 69.5 cm³/mol. The minimum atomic E-state index is -0.0424. The fourth-order valence-corrected chi connectivity index (χ4v) is 1.52. The molecule has 0 aliphatic rings. The van der Waals surface area contributed by atoms with Crippen LogP contribution < -0.4 is 10.1 Å². The average Bonchev–Trinajstić information content (AvgIpc) is 2.19. The van der Waals surface area contributed by atoms with Crippen LogP contribution in [0.1, 0.15) is 43.6 Å². The Kier molecular flexibility index (Phi) is 4.55. The summed E-state index contributed by atoms with van der Waals surface area (Å²) in [4.78, 5) is 11.8. The highest BCUT2D eigenvalue weighted by molar-refractivity contribution is 5.94. The summed E-state index contributed by atoms with van der Waals surface area (Å²) in [5.74, 6) is 0.792. The van der Waals surface area contributed by atoms with Gasteiger partial charge < -0.3 is 10.1 Å². The molecule has 0 saturated carbocycles. The maximum absolute atomic E-state index is 11.8. The van der Waals surface area contributed by atoms with Gasteiger partial charge in [0.25, 0.3) is 5.91 Å². The molecule has 0 fully saturated rings. The molecule has 0 unspecified atom stereocenters. The van der Waals surface area contributed by atoms with E-state index < -0.39 is 0 Å². The van der Waals surface area contributed by atoms with Crippen LogP contribution in [-0.2, 0) is 0 Å². The van der Waals surface area contributed by atoms with Crippen LogP contribution in [0.5, 0.6) is 5.75 Å². The normalized spacial score (nSPS) is 10.8. The first-order valence-electron chi connectivity index (χ1n) is 5.98. The SMILES string of the molecule is Cc1cc(C(=O)NC(C)C)ccc1OC(C)C. The minimum Gasteiger partial charge on any atom is -0.491 e. The molecule has 0 aromatic heterocycles. The number of carbonyl (C=O) groups is 1. The summed E-state index contributed by atoms with van der Waals surface area (Å²) in [7, 11) is 0. The molecule has 94 valence electrons. The number of amides is 1. The largest absolute Gasteiger partial charge is 0.491 e. The van der Waals surface area contributed by atoms with Gasteiger partial charge in [0.15, 0.2) is 0 Å². The lowest BCUT2D eigenvalue weighted by Crippen LogP contribution is -2.30.